The van der Waals surface area contributed by atoms with Crippen LogP contribution < -0.4 is 0 Å². The average molecular weight is 568 g/mol. The summed E-state index contributed by atoms with van der Waals surface area (Å²) < 4.78 is 0. The van der Waals surface area contributed by atoms with Gasteiger partial charge in [0, 0.05) is 44.5 Å². The van der Waals surface area contributed by atoms with Crippen LogP contribution in [0.4, 0.5) is 0 Å². The van der Waals surface area contributed by atoms with Crippen molar-refractivity contribution in [3.63, 3.8) is 0 Å². The van der Waals surface area contributed by atoms with Gasteiger partial charge in [-0.1, -0.05) is 97.1 Å². The Morgan fingerprint density at radius 1 is 0.220 bits per heavy atom. The molecule has 0 aromatic heterocycles. The van der Waals surface area contributed by atoms with Crippen molar-refractivity contribution in [1.82, 2.24) is 0 Å². The molecule has 8 bridgehead atoms. The van der Waals surface area contributed by atoms with Gasteiger partial charge in [0.05, 0.1) is 0 Å². The summed E-state index contributed by atoms with van der Waals surface area (Å²) in [6, 6.07) is 31.8. The van der Waals surface area contributed by atoms with Crippen LogP contribution in [0.5, 0.6) is 0 Å². The standard InChI is InChI=1S/C32H16N8.Fe/c1-2-10-18-17(9-1)25-33-26(18)38-28-21-13-5-6-14-22(21)30(35-28)40-32-24-16-8-7-15-23(24)31(36-32)39-29-20-12-4-3-11-19(20)27(34-29)37-25;/h1-16H;/q;+2. The van der Waals surface area contributed by atoms with E-state index in [0.717, 1.165) is 44.5 Å². The molecule has 0 unspecified atom stereocenters. The van der Waals surface area contributed by atoms with E-state index in [1.807, 2.05) is 97.1 Å². The molecule has 4 aromatic carbocycles. The second-order valence-corrected chi connectivity index (χ2v) is 9.67. The number of amidine groups is 8. The molecule has 0 saturated carbocycles. The van der Waals surface area contributed by atoms with Gasteiger partial charge in [-0.05, 0) is 0 Å². The van der Waals surface area contributed by atoms with Gasteiger partial charge < -0.3 is 0 Å². The molecule has 5 aliphatic rings. The van der Waals surface area contributed by atoms with Gasteiger partial charge in [0.15, 0.2) is 46.7 Å². The molecule has 0 aliphatic carbocycles. The SMILES string of the molecule is [Fe+2].c1ccc2c(c1)C1=NC2=NC2=NC(=NC3=NC(=NC4=NC(=N1)c1ccccc14)c1ccccc13)c1ccccc12. The van der Waals surface area contributed by atoms with E-state index in [1.54, 1.807) is 0 Å². The van der Waals surface area contributed by atoms with Crippen molar-refractivity contribution < 1.29 is 17.1 Å². The summed E-state index contributed by atoms with van der Waals surface area (Å²) >= 11 is 0. The van der Waals surface area contributed by atoms with Crippen molar-refractivity contribution in [3.8, 4) is 0 Å². The van der Waals surface area contributed by atoms with E-state index in [-0.39, 0.29) is 17.1 Å². The Labute approximate surface area is 244 Å². The molecule has 5 aliphatic heterocycles. The molecule has 0 saturated heterocycles. The Balaban J connectivity index is 0.00000256. The van der Waals surface area contributed by atoms with Gasteiger partial charge in [-0.25, -0.2) is 39.9 Å². The average Bonchev–Trinajstić information content (AvgIpc) is 3.73. The minimum absolute atomic E-state index is 0. The molecule has 0 radical (unpaired) electrons. The number of nitrogens with zero attached hydrogens (tertiary/aromatic N) is 8. The van der Waals surface area contributed by atoms with Crippen molar-refractivity contribution in [1.29, 1.82) is 0 Å². The molecule has 9 rings (SSSR count). The fourth-order valence-corrected chi connectivity index (χ4v) is 5.46. The van der Waals surface area contributed by atoms with Crippen LogP contribution >= 0.6 is 0 Å². The summed E-state index contributed by atoms with van der Waals surface area (Å²) in [6.07, 6.45) is 0. The van der Waals surface area contributed by atoms with E-state index in [0.29, 0.717) is 46.7 Å². The van der Waals surface area contributed by atoms with Gasteiger partial charge in [-0.15, -0.1) is 0 Å². The molecule has 4 aromatic rings. The van der Waals surface area contributed by atoms with Crippen molar-refractivity contribution >= 4 is 46.7 Å². The number of benzene rings is 4. The number of rotatable bonds is 0. The third kappa shape index (κ3) is 3.53. The number of hydrogen-bond acceptors (Lipinski definition) is 8. The zero-order valence-corrected chi connectivity index (χ0v) is 22.3. The number of hydrogen-bond donors (Lipinski definition) is 0. The van der Waals surface area contributed by atoms with Crippen molar-refractivity contribution in [2.24, 2.45) is 39.9 Å². The van der Waals surface area contributed by atoms with Crippen LogP contribution in [0.3, 0.4) is 0 Å². The van der Waals surface area contributed by atoms with Gasteiger partial charge in [0.1, 0.15) is 0 Å². The predicted octanol–water partition coefficient (Wildman–Crippen LogP) is 4.83. The zero-order valence-electron chi connectivity index (χ0n) is 21.2. The summed E-state index contributed by atoms with van der Waals surface area (Å²) in [6.45, 7) is 0. The summed E-state index contributed by atoms with van der Waals surface area (Å²) in [5.74, 6) is 4.42. The fourth-order valence-electron chi connectivity index (χ4n) is 5.46. The Kier molecular flexibility index (Phi) is 5.12. The fraction of sp³-hybridized carbons (Fsp3) is 0. The minimum Gasteiger partial charge on any atom is -0.208 e. The monoisotopic (exact) mass is 568 g/mol. The maximum Gasteiger partial charge on any atom is 2.00 e. The first-order valence-corrected chi connectivity index (χ1v) is 12.9. The minimum atomic E-state index is 0. The van der Waals surface area contributed by atoms with Crippen LogP contribution in [0.1, 0.15) is 44.5 Å². The molecule has 0 amide bonds. The van der Waals surface area contributed by atoms with Crippen molar-refractivity contribution in [2.45, 2.75) is 0 Å². The Morgan fingerprint density at radius 2 is 0.341 bits per heavy atom. The predicted molar refractivity (Wildman–Crippen MR) is 158 cm³/mol. The van der Waals surface area contributed by atoms with Gasteiger partial charge in [-0.2, -0.15) is 0 Å². The second-order valence-electron chi connectivity index (χ2n) is 9.67. The van der Waals surface area contributed by atoms with E-state index < -0.39 is 0 Å². The van der Waals surface area contributed by atoms with Crippen LogP contribution in [0.25, 0.3) is 0 Å². The Bertz CT molecular complexity index is 1790. The van der Waals surface area contributed by atoms with E-state index >= 15 is 0 Å². The van der Waals surface area contributed by atoms with E-state index in [2.05, 4.69) is 0 Å². The maximum atomic E-state index is 4.95. The molecule has 41 heavy (non-hydrogen) atoms. The van der Waals surface area contributed by atoms with Crippen molar-refractivity contribution in [3.05, 3.63) is 142 Å². The number of aliphatic imine (C=N–C) groups is 8. The largest absolute Gasteiger partial charge is 2.00 e. The van der Waals surface area contributed by atoms with Crippen LogP contribution in [0, 0.1) is 0 Å². The van der Waals surface area contributed by atoms with Crippen LogP contribution in [-0.2, 0) is 17.1 Å². The van der Waals surface area contributed by atoms with Crippen molar-refractivity contribution in [2.75, 3.05) is 0 Å². The van der Waals surface area contributed by atoms with Gasteiger partial charge >= 0.3 is 17.1 Å². The van der Waals surface area contributed by atoms with E-state index in [9.17, 15) is 0 Å². The molecule has 0 atom stereocenters. The maximum absolute atomic E-state index is 4.95. The van der Waals surface area contributed by atoms with E-state index in [1.165, 1.54) is 0 Å². The van der Waals surface area contributed by atoms with Gasteiger partial charge in [-0.3, -0.25) is 0 Å². The first-order chi connectivity index (χ1) is 19.8. The molecule has 0 N–H and O–H groups in total. The van der Waals surface area contributed by atoms with Crippen LogP contribution in [0.2, 0.25) is 0 Å². The number of fused-ring (bicyclic) bond motifs is 16. The first kappa shape index (κ1) is 23.6. The molecule has 0 spiro atoms. The topological polar surface area (TPSA) is 98.9 Å². The van der Waals surface area contributed by atoms with Crippen LogP contribution in [-0.4, -0.2) is 46.7 Å². The summed E-state index contributed by atoms with van der Waals surface area (Å²) in [5.41, 5.74) is 7.15. The molecule has 9 heteroatoms. The third-order valence-corrected chi connectivity index (χ3v) is 7.33. The quantitative estimate of drug-likeness (QED) is 0.272. The smallest absolute Gasteiger partial charge is 0.208 e. The van der Waals surface area contributed by atoms with Crippen LogP contribution in [0.15, 0.2) is 137 Å². The normalized spacial score (nSPS) is 16.8. The molecule has 0 fully saturated rings. The Hall–Kier alpha value is -5.24. The zero-order chi connectivity index (χ0) is 26.2. The van der Waals surface area contributed by atoms with Gasteiger partial charge in [0.2, 0.25) is 0 Å². The molecule has 8 nitrogen and oxygen atoms in total. The molecule has 5 heterocycles. The first-order valence-electron chi connectivity index (χ1n) is 12.9. The molecular weight excluding hydrogens is 552 g/mol. The second kappa shape index (κ2) is 8.89. The molecular formula is C32H16FeN8+2. The molecule has 190 valence electrons. The summed E-state index contributed by atoms with van der Waals surface area (Å²) in [7, 11) is 0. The summed E-state index contributed by atoms with van der Waals surface area (Å²) in [5, 5.41) is 0. The Morgan fingerprint density at radius 3 is 0.463 bits per heavy atom. The third-order valence-electron chi connectivity index (χ3n) is 7.33. The van der Waals surface area contributed by atoms with Gasteiger partial charge in [0.25, 0.3) is 0 Å². The van der Waals surface area contributed by atoms with E-state index in [4.69, 9.17) is 39.9 Å². The summed E-state index contributed by atoms with van der Waals surface area (Å²) in [4.78, 5) is 39.3.